The molecule has 3 aromatic carbocycles. The van der Waals surface area contributed by atoms with Crippen LogP contribution in [0, 0.1) is 0 Å². The molecule has 3 aromatic rings. The number of nitrogens with two attached hydrogens (primary N) is 1. The molecule has 0 spiro atoms. The van der Waals surface area contributed by atoms with E-state index in [4.69, 9.17) is 10.5 Å². The average Bonchev–Trinajstić information content (AvgIpc) is 2.60. The predicted molar refractivity (Wildman–Crippen MR) is 93.3 cm³/mol. The van der Waals surface area contributed by atoms with Gasteiger partial charge in [-0.05, 0) is 41.1 Å². The van der Waals surface area contributed by atoms with Gasteiger partial charge in [-0.3, -0.25) is 0 Å². The van der Waals surface area contributed by atoms with Gasteiger partial charge < -0.3 is 10.5 Å². The molecule has 3 rings (SSSR count). The molecule has 0 saturated carbocycles. The number of ether oxygens (including phenoxy) is 1. The highest BCUT2D eigenvalue weighted by molar-refractivity contribution is 5.95. The first kappa shape index (κ1) is 15.3. The second-order valence-electron chi connectivity index (χ2n) is 5.60. The van der Waals surface area contributed by atoms with E-state index in [1.54, 1.807) is 12.1 Å². The Kier molecular flexibility index (Phi) is 4.47. The summed E-state index contributed by atoms with van der Waals surface area (Å²) in [4.78, 5) is 0. The Morgan fingerprint density at radius 1 is 1.00 bits per heavy atom. The molecule has 0 bridgehead atoms. The lowest BCUT2D eigenvalue weighted by Crippen LogP contribution is -1.99. The number of hydrogen-bond acceptors (Lipinski definition) is 2. The Labute approximate surface area is 135 Å². The molecule has 1 atom stereocenters. The van der Waals surface area contributed by atoms with Gasteiger partial charge >= 0.3 is 0 Å². The van der Waals surface area contributed by atoms with E-state index in [2.05, 4.69) is 0 Å². The maximum atomic E-state index is 13.6. The topological polar surface area (TPSA) is 35.2 Å². The highest BCUT2D eigenvalue weighted by Crippen LogP contribution is 2.27. The van der Waals surface area contributed by atoms with Crippen molar-refractivity contribution in [3.8, 4) is 5.75 Å². The van der Waals surface area contributed by atoms with Crippen molar-refractivity contribution in [3.63, 3.8) is 0 Å². The normalized spacial score (nSPS) is 12.3. The zero-order valence-corrected chi connectivity index (χ0v) is 13.1. The van der Waals surface area contributed by atoms with E-state index in [0.717, 1.165) is 27.8 Å². The molecule has 23 heavy (non-hydrogen) atoms. The fourth-order valence-corrected chi connectivity index (χ4v) is 2.74. The van der Waals surface area contributed by atoms with Gasteiger partial charge in [0.1, 0.15) is 18.5 Å². The van der Waals surface area contributed by atoms with Crippen LogP contribution < -0.4 is 10.5 Å². The van der Waals surface area contributed by atoms with Gasteiger partial charge in [0.2, 0.25) is 0 Å². The summed E-state index contributed by atoms with van der Waals surface area (Å²) in [7, 11) is 0. The molecule has 0 amide bonds. The Balaban J connectivity index is 1.79. The highest BCUT2D eigenvalue weighted by atomic mass is 19.1. The summed E-state index contributed by atoms with van der Waals surface area (Å²) in [6, 6.07) is 19.1. The van der Waals surface area contributed by atoms with Crippen LogP contribution in [-0.2, 0) is 6.61 Å². The van der Waals surface area contributed by atoms with E-state index in [1.165, 1.54) is 0 Å². The smallest absolute Gasteiger partial charge is 0.125 e. The molecular formula is C20H20FNO. The van der Waals surface area contributed by atoms with Crippen LogP contribution >= 0.6 is 0 Å². The molecule has 2 nitrogen and oxygen atoms in total. The first-order valence-corrected chi connectivity index (χ1v) is 7.82. The summed E-state index contributed by atoms with van der Waals surface area (Å²) >= 11 is 0. The molecule has 0 heterocycles. The highest BCUT2D eigenvalue weighted by Gasteiger charge is 2.08. The Bertz CT molecular complexity index is 793. The van der Waals surface area contributed by atoms with Crippen molar-refractivity contribution in [2.24, 2.45) is 0 Å². The molecule has 0 fully saturated rings. The number of nitrogen functional groups attached to an aromatic ring is 1. The van der Waals surface area contributed by atoms with Gasteiger partial charge in [-0.25, -0.2) is 4.39 Å². The molecule has 118 valence electrons. The minimum Gasteiger partial charge on any atom is -0.489 e. The zero-order chi connectivity index (χ0) is 16.2. The SMILES string of the molecule is CCC(F)c1ccc(OCc2cccc3cccc(N)c23)cc1. The van der Waals surface area contributed by atoms with Gasteiger partial charge in [-0.1, -0.05) is 49.4 Å². The molecule has 0 aromatic heterocycles. The number of fused-ring (bicyclic) bond motifs is 1. The first-order chi connectivity index (χ1) is 11.2. The Morgan fingerprint density at radius 3 is 2.39 bits per heavy atom. The molecule has 0 saturated heterocycles. The summed E-state index contributed by atoms with van der Waals surface area (Å²) in [5.41, 5.74) is 8.58. The van der Waals surface area contributed by atoms with E-state index in [-0.39, 0.29) is 0 Å². The molecule has 3 heteroatoms. The summed E-state index contributed by atoms with van der Waals surface area (Å²) in [5.74, 6) is 0.726. The third-order valence-corrected chi connectivity index (χ3v) is 4.02. The molecular weight excluding hydrogens is 289 g/mol. The van der Waals surface area contributed by atoms with Crippen LogP contribution in [0.15, 0.2) is 60.7 Å². The molecule has 0 aliphatic rings. The largest absolute Gasteiger partial charge is 0.489 e. The fourth-order valence-electron chi connectivity index (χ4n) is 2.74. The second-order valence-corrected chi connectivity index (χ2v) is 5.60. The minimum atomic E-state index is -0.915. The van der Waals surface area contributed by atoms with Crippen molar-refractivity contribution in [2.45, 2.75) is 26.1 Å². The van der Waals surface area contributed by atoms with Gasteiger partial charge in [0.15, 0.2) is 0 Å². The lowest BCUT2D eigenvalue weighted by Gasteiger charge is -2.12. The third-order valence-electron chi connectivity index (χ3n) is 4.02. The number of rotatable bonds is 5. The third kappa shape index (κ3) is 3.29. The molecule has 0 aliphatic carbocycles. The number of benzene rings is 3. The fraction of sp³-hybridized carbons (Fsp3) is 0.200. The van der Waals surface area contributed by atoms with Crippen LogP contribution in [0.4, 0.5) is 10.1 Å². The van der Waals surface area contributed by atoms with Crippen molar-refractivity contribution in [1.29, 1.82) is 0 Å². The first-order valence-electron chi connectivity index (χ1n) is 7.82. The van der Waals surface area contributed by atoms with Gasteiger partial charge in [0.05, 0.1) is 0 Å². The zero-order valence-electron chi connectivity index (χ0n) is 13.1. The molecule has 1 unspecified atom stereocenters. The van der Waals surface area contributed by atoms with E-state index in [0.29, 0.717) is 18.6 Å². The van der Waals surface area contributed by atoms with Gasteiger partial charge in [-0.2, -0.15) is 0 Å². The van der Waals surface area contributed by atoms with Crippen LogP contribution in [-0.4, -0.2) is 0 Å². The van der Waals surface area contributed by atoms with Gasteiger partial charge in [0.25, 0.3) is 0 Å². The van der Waals surface area contributed by atoms with Crippen molar-refractivity contribution < 1.29 is 9.13 Å². The summed E-state index contributed by atoms with van der Waals surface area (Å²) < 4.78 is 19.5. The second kappa shape index (κ2) is 6.69. The van der Waals surface area contributed by atoms with Crippen molar-refractivity contribution in [2.75, 3.05) is 5.73 Å². The van der Waals surface area contributed by atoms with E-state index < -0.39 is 6.17 Å². The van der Waals surface area contributed by atoms with Gasteiger partial charge in [0, 0.05) is 11.1 Å². The van der Waals surface area contributed by atoms with Crippen LogP contribution in [0.3, 0.4) is 0 Å². The van der Waals surface area contributed by atoms with E-state index in [1.807, 2.05) is 55.5 Å². The standard InChI is InChI=1S/C20H20FNO/c1-2-18(21)14-9-11-17(12-10-14)23-13-16-7-3-5-15-6-4-8-19(22)20(15)16/h3-12,18H,2,13,22H2,1H3. The maximum absolute atomic E-state index is 13.6. The molecule has 0 radical (unpaired) electrons. The lowest BCUT2D eigenvalue weighted by molar-refractivity contribution is 0.306. The van der Waals surface area contributed by atoms with Crippen molar-refractivity contribution in [1.82, 2.24) is 0 Å². The lowest BCUT2D eigenvalue weighted by atomic mass is 10.0. The van der Waals surface area contributed by atoms with E-state index in [9.17, 15) is 4.39 Å². The van der Waals surface area contributed by atoms with Crippen LogP contribution in [0.25, 0.3) is 10.8 Å². The number of alkyl halides is 1. The predicted octanol–water partition coefficient (Wildman–Crippen LogP) is 5.42. The summed E-state index contributed by atoms with van der Waals surface area (Å²) in [6.45, 7) is 2.26. The molecule has 2 N–H and O–H groups in total. The van der Waals surface area contributed by atoms with Gasteiger partial charge in [-0.15, -0.1) is 0 Å². The maximum Gasteiger partial charge on any atom is 0.125 e. The average molecular weight is 309 g/mol. The van der Waals surface area contributed by atoms with Crippen LogP contribution in [0.2, 0.25) is 0 Å². The van der Waals surface area contributed by atoms with Crippen LogP contribution in [0.1, 0.15) is 30.6 Å². The van der Waals surface area contributed by atoms with Crippen molar-refractivity contribution >= 4 is 16.5 Å². The minimum absolute atomic E-state index is 0.428. The Morgan fingerprint density at radius 2 is 1.70 bits per heavy atom. The summed E-state index contributed by atoms with van der Waals surface area (Å²) in [6.07, 6.45) is -0.433. The van der Waals surface area contributed by atoms with Crippen LogP contribution in [0.5, 0.6) is 5.75 Å². The summed E-state index contributed by atoms with van der Waals surface area (Å²) in [5, 5.41) is 2.13. The molecule has 0 aliphatic heterocycles. The Hall–Kier alpha value is -2.55. The number of anilines is 1. The van der Waals surface area contributed by atoms with E-state index >= 15 is 0 Å². The number of hydrogen-bond donors (Lipinski definition) is 1. The number of halogens is 1. The van der Waals surface area contributed by atoms with Crippen molar-refractivity contribution in [3.05, 3.63) is 71.8 Å². The quantitative estimate of drug-likeness (QED) is 0.638. The monoisotopic (exact) mass is 309 g/mol.